The number of hydrogen-bond donors (Lipinski definition) is 0. The van der Waals surface area contributed by atoms with Gasteiger partial charge in [0.1, 0.15) is 27.3 Å². The molecule has 4 heterocycles. The lowest BCUT2D eigenvalue weighted by Gasteiger charge is -2.32. The fraction of sp³-hybridized carbons (Fsp3) is 0.333. The van der Waals surface area contributed by atoms with Crippen molar-refractivity contribution in [2.45, 2.75) is 30.7 Å². The Hall–Kier alpha value is -2.43. The number of nitrogens with zero attached hydrogens (tertiary/aromatic N) is 6. The van der Waals surface area contributed by atoms with Gasteiger partial charge in [-0.2, -0.15) is 13.1 Å². The number of aryl methyl sites for hydroxylation is 1. The zero-order chi connectivity index (χ0) is 19.3. The van der Waals surface area contributed by atoms with Gasteiger partial charge in [0, 0.05) is 25.3 Å². The molecule has 0 aliphatic carbocycles. The summed E-state index contributed by atoms with van der Waals surface area (Å²) >= 11 is 1.03. The first-order valence-corrected chi connectivity index (χ1v) is 11.2. The third-order valence-corrected chi connectivity index (χ3v) is 7.75. The number of imidazole rings is 1. The first kappa shape index (κ1) is 17.7. The van der Waals surface area contributed by atoms with E-state index >= 15 is 0 Å². The van der Waals surface area contributed by atoms with E-state index in [0.717, 1.165) is 28.7 Å². The zero-order valence-electron chi connectivity index (χ0n) is 15.2. The average molecular weight is 415 g/mol. The first-order valence-electron chi connectivity index (χ1n) is 9.07. The molecule has 3 aromatic heterocycles. The minimum absolute atomic E-state index is 0.183. The van der Waals surface area contributed by atoms with Crippen LogP contribution in [0.25, 0.3) is 22.2 Å². The molecular formula is C18H18N6O2S2. The van der Waals surface area contributed by atoms with Crippen molar-refractivity contribution in [1.29, 1.82) is 0 Å². The van der Waals surface area contributed by atoms with E-state index in [1.165, 1.54) is 0 Å². The largest absolute Gasteiger partial charge is 0.310 e. The molecule has 1 aromatic carbocycles. The Balaban J connectivity index is 1.42. The first-order chi connectivity index (χ1) is 13.6. The maximum absolute atomic E-state index is 13.2. The number of fused-ring (bicyclic) bond motifs is 2. The molecule has 0 bridgehead atoms. The summed E-state index contributed by atoms with van der Waals surface area (Å²) in [7, 11) is -3.61. The van der Waals surface area contributed by atoms with Crippen LogP contribution in [0.4, 0.5) is 0 Å². The fourth-order valence-electron chi connectivity index (χ4n) is 3.95. The second-order valence-electron chi connectivity index (χ2n) is 6.90. The van der Waals surface area contributed by atoms with Crippen molar-refractivity contribution in [1.82, 2.24) is 27.6 Å². The van der Waals surface area contributed by atoms with Gasteiger partial charge in [-0.3, -0.25) is 0 Å². The molecule has 0 amide bonds. The van der Waals surface area contributed by atoms with Crippen molar-refractivity contribution in [3.05, 3.63) is 42.4 Å². The van der Waals surface area contributed by atoms with E-state index in [1.807, 2.05) is 19.1 Å². The molecule has 0 spiro atoms. The predicted molar refractivity (Wildman–Crippen MR) is 107 cm³/mol. The van der Waals surface area contributed by atoms with Gasteiger partial charge in [0.15, 0.2) is 5.65 Å². The van der Waals surface area contributed by atoms with Gasteiger partial charge in [-0.1, -0.05) is 6.07 Å². The molecule has 144 valence electrons. The maximum Gasteiger partial charge on any atom is 0.245 e. The summed E-state index contributed by atoms with van der Waals surface area (Å²) in [5.41, 5.74) is 2.81. The van der Waals surface area contributed by atoms with E-state index in [1.54, 1.807) is 28.7 Å². The Bertz CT molecular complexity index is 1270. The van der Waals surface area contributed by atoms with Crippen LogP contribution in [-0.4, -0.2) is 49.1 Å². The summed E-state index contributed by atoms with van der Waals surface area (Å²) in [6.07, 6.45) is 3.20. The molecule has 0 radical (unpaired) electrons. The van der Waals surface area contributed by atoms with Crippen LogP contribution in [0.15, 0.2) is 41.4 Å². The van der Waals surface area contributed by atoms with Gasteiger partial charge in [0.2, 0.25) is 10.0 Å². The van der Waals surface area contributed by atoms with Crippen molar-refractivity contribution in [3.63, 3.8) is 0 Å². The minimum Gasteiger partial charge on any atom is -0.310 e. The molecule has 0 N–H and O–H groups in total. The third kappa shape index (κ3) is 2.71. The molecule has 0 saturated carbocycles. The van der Waals surface area contributed by atoms with E-state index in [9.17, 15) is 8.42 Å². The summed E-state index contributed by atoms with van der Waals surface area (Å²) in [6, 6.07) is 9.13. The number of benzene rings is 1. The van der Waals surface area contributed by atoms with Gasteiger partial charge in [-0.05, 0) is 44.0 Å². The topological polar surface area (TPSA) is 93.9 Å². The summed E-state index contributed by atoms with van der Waals surface area (Å²) in [5.74, 6) is 0.910. The van der Waals surface area contributed by atoms with Crippen molar-refractivity contribution < 1.29 is 8.42 Å². The predicted octanol–water partition coefficient (Wildman–Crippen LogP) is 2.77. The summed E-state index contributed by atoms with van der Waals surface area (Å²) in [6.45, 7) is 2.88. The summed E-state index contributed by atoms with van der Waals surface area (Å²) < 4.78 is 38.4. The molecule has 1 saturated heterocycles. The lowest BCUT2D eigenvalue weighted by atomic mass is 10.1. The molecule has 1 aliphatic rings. The molecule has 4 aromatic rings. The zero-order valence-corrected chi connectivity index (χ0v) is 16.8. The van der Waals surface area contributed by atoms with Crippen LogP contribution in [0, 0.1) is 6.92 Å². The Kier molecular flexibility index (Phi) is 4.14. The van der Waals surface area contributed by atoms with E-state index in [2.05, 4.69) is 23.3 Å². The normalized spacial score (nSPS) is 16.9. The van der Waals surface area contributed by atoms with Crippen molar-refractivity contribution >= 4 is 43.9 Å². The summed E-state index contributed by atoms with van der Waals surface area (Å²) in [5, 5.41) is 0. The SMILES string of the molecule is Cc1nc2cccnc2n1C1CCN(S(=O)(=O)c2cccc3nsnc23)CC1. The van der Waals surface area contributed by atoms with Crippen molar-refractivity contribution in [3.8, 4) is 0 Å². The summed E-state index contributed by atoms with van der Waals surface area (Å²) in [4.78, 5) is 9.30. The molecular weight excluding hydrogens is 396 g/mol. The van der Waals surface area contributed by atoms with Crippen molar-refractivity contribution in [2.75, 3.05) is 13.1 Å². The number of sulfonamides is 1. The van der Waals surface area contributed by atoms with Gasteiger partial charge in [0.05, 0.1) is 11.7 Å². The van der Waals surface area contributed by atoms with E-state index in [-0.39, 0.29) is 10.9 Å². The molecule has 28 heavy (non-hydrogen) atoms. The van der Waals surface area contributed by atoms with Gasteiger partial charge < -0.3 is 4.57 Å². The van der Waals surface area contributed by atoms with E-state index in [0.29, 0.717) is 37.0 Å². The van der Waals surface area contributed by atoms with Crippen LogP contribution in [0.1, 0.15) is 24.7 Å². The van der Waals surface area contributed by atoms with Gasteiger partial charge in [-0.25, -0.2) is 18.4 Å². The molecule has 0 unspecified atom stereocenters. The van der Waals surface area contributed by atoms with Gasteiger partial charge in [0.25, 0.3) is 0 Å². The lowest BCUT2D eigenvalue weighted by Crippen LogP contribution is -2.39. The van der Waals surface area contributed by atoms with Gasteiger partial charge >= 0.3 is 0 Å². The Morgan fingerprint density at radius 1 is 1.07 bits per heavy atom. The van der Waals surface area contributed by atoms with Crippen LogP contribution in [0.5, 0.6) is 0 Å². The van der Waals surface area contributed by atoms with Crippen LogP contribution >= 0.6 is 11.7 Å². The highest BCUT2D eigenvalue weighted by atomic mass is 32.2. The molecule has 5 rings (SSSR count). The van der Waals surface area contributed by atoms with Crippen molar-refractivity contribution in [2.24, 2.45) is 0 Å². The fourth-order valence-corrected chi connectivity index (χ4v) is 6.17. The second-order valence-corrected chi connectivity index (χ2v) is 9.33. The number of piperidine rings is 1. The maximum atomic E-state index is 13.2. The smallest absolute Gasteiger partial charge is 0.245 e. The van der Waals surface area contributed by atoms with Crippen LogP contribution in [-0.2, 0) is 10.0 Å². The average Bonchev–Trinajstić information content (AvgIpc) is 3.31. The number of aromatic nitrogens is 5. The Morgan fingerprint density at radius 2 is 1.86 bits per heavy atom. The number of pyridine rings is 1. The van der Waals surface area contributed by atoms with Crippen LogP contribution in [0.3, 0.4) is 0 Å². The Labute approximate surface area is 166 Å². The van der Waals surface area contributed by atoms with Crippen LogP contribution < -0.4 is 0 Å². The minimum atomic E-state index is -3.61. The number of hydrogen-bond acceptors (Lipinski definition) is 7. The number of rotatable bonds is 3. The van der Waals surface area contributed by atoms with E-state index < -0.39 is 10.0 Å². The second kappa shape index (κ2) is 6.57. The molecule has 1 aliphatic heterocycles. The van der Waals surface area contributed by atoms with Crippen LogP contribution in [0.2, 0.25) is 0 Å². The van der Waals surface area contributed by atoms with E-state index in [4.69, 9.17) is 0 Å². The quantitative estimate of drug-likeness (QED) is 0.512. The lowest BCUT2D eigenvalue weighted by molar-refractivity contribution is 0.274. The third-order valence-electron chi connectivity index (χ3n) is 5.28. The molecule has 10 heteroatoms. The Morgan fingerprint density at radius 3 is 2.68 bits per heavy atom. The molecule has 0 atom stereocenters. The molecule has 8 nitrogen and oxygen atoms in total. The monoisotopic (exact) mass is 414 g/mol. The standard InChI is InChI=1S/C18H18N6O2S2/c1-12-20-15-5-3-9-19-18(15)24(12)13-7-10-23(11-8-13)28(25,26)16-6-2-4-14-17(16)22-27-21-14/h2-6,9,13H,7-8,10-11H2,1H3. The highest BCUT2D eigenvalue weighted by Crippen LogP contribution is 2.31. The molecule has 1 fully saturated rings. The van der Waals surface area contributed by atoms with Gasteiger partial charge in [-0.15, -0.1) is 0 Å². The highest BCUT2D eigenvalue weighted by molar-refractivity contribution is 7.89. The highest BCUT2D eigenvalue weighted by Gasteiger charge is 2.32.